The topological polar surface area (TPSA) is 32.3 Å². The molecule has 2 heterocycles. The number of amides is 1. The number of nitrogens with zero attached hydrogens (tertiary/aromatic N) is 1. The third-order valence-electron chi connectivity index (χ3n) is 4.44. The maximum absolute atomic E-state index is 12.7. The van der Waals surface area contributed by atoms with Crippen LogP contribution in [0.25, 0.3) is 0 Å². The van der Waals surface area contributed by atoms with Gasteiger partial charge in [0.25, 0.3) is 0 Å². The Hall–Kier alpha value is -0.220. The summed E-state index contributed by atoms with van der Waals surface area (Å²) in [6, 6.07) is 0.0657. The minimum absolute atomic E-state index is 0.0657. The smallest absolute Gasteiger partial charge is 0.241 e. The third-order valence-corrected chi connectivity index (χ3v) is 5.82. The summed E-state index contributed by atoms with van der Waals surface area (Å²) in [5.41, 5.74) is 0. The Morgan fingerprint density at radius 3 is 2.80 bits per heavy atom. The molecule has 3 nitrogen and oxygen atoms in total. The molecule has 0 aromatic heterocycles. The molecule has 1 amide bonds. The summed E-state index contributed by atoms with van der Waals surface area (Å²) >= 11 is 2.06. The highest BCUT2D eigenvalue weighted by Crippen LogP contribution is 2.29. The second kappa shape index (κ2) is 7.69. The Morgan fingerprint density at radius 2 is 2.20 bits per heavy atom. The van der Waals surface area contributed by atoms with Gasteiger partial charge in [-0.3, -0.25) is 10.1 Å². The molecule has 0 saturated carbocycles. The van der Waals surface area contributed by atoms with Crippen molar-refractivity contribution >= 4 is 17.7 Å². The zero-order chi connectivity index (χ0) is 14.5. The molecule has 0 bridgehead atoms. The van der Waals surface area contributed by atoms with Crippen LogP contribution in [0.4, 0.5) is 0 Å². The molecule has 0 aromatic rings. The predicted molar refractivity (Wildman–Crippen MR) is 86.9 cm³/mol. The lowest BCUT2D eigenvalue weighted by Gasteiger charge is -2.32. The lowest BCUT2D eigenvalue weighted by atomic mass is 10.1. The van der Waals surface area contributed by atoms with Crippen LogP contribution in [0.1, 0.15) is 59.3 Å². The van der Waals surface area contributed by atoms with Crippen LogP contribution in [0, 0.1) is 5.92 Å². The van der Waals surface area contributed by atoms with Crippen molar-refractivity contribution in [2.24, 2.45) is 5.92 Å². The van der Waals surface area contributed by atoms with E-state index in [1.54, 1.807) is 0 Å². The zero-order valence-corrected chi connectivity index (χ0v) is 14.0. The maximum Gasteiger partial charge on any atom is 0.241 e. The first kappa shape index (κ1) is 16.2. The van der Waals surface area contributed by atoms with E-state index in [2.05, 4.69) is 42.7 Å². The number of hydrogen-bond donors (Lipinski definition) is 1. The van der Waals surface area contributed by atoms with Crippen molar-refractivity contribution in [1.82, 2.24) is 10.2 Å². The fourth-order valence-corrected chi connectivity index (χ4v) is 4.55. The summed E-state index contributed by atoms with van der Waals surface area (Å²) in [4.78, 5) is 14.8. The van der Waals surface area contributed by atoms with E-state index in [0.717, 1.165) is 25.8 Å². The van der Waals surface area contributed by atoms with Crippen LogP contribution in [0.15, 0.2) is 0 Å². The molecule has 2 saturated heterocycles. The average Bonchev–Trinajstić information content (AvgIpc) is 2.75. The Kier molecular flexibility index (Phi) is 6.21. The van der Waals surface area contributed by atoms with E-state index in [4.69, 9.17) is 0 Å². The molecule has 0 spiro atoms. The van der Waals surface area contributed by atoms with E-state index in [-0.39, 0.29) is 12.2 Å². The molecule has 4 heteroatoms. The normalized spacial score (nSPS) is 31.3. The molecule has 0 aromatic carbocycles. The van der Waals surface area contributed by atoms with Crippen molar-refractivity contribution in [2.75, 3.05) is 12.3 Å². The van der Waals surface area contributed by atoms with Crippen LogP contribution in [0.2, 0.25) is 0 Å². The van der Waals surface area contributed by atoms with Gasteiger partial charge in [-0.15, -0.1) is 0 Å². The summed E-state index contributed by atoms with van der Waals surface area (Å²) in [6.45, 7) is 7.57. The van der Waals surface area contributed by atoms with Gasteiger partial charge in [-0.2, -0.15) is 11.8 Å². The molecule has 2 aliphatic rings. The molecule has 3 atom stereocenters. The van der Waals surface area contributed by atoms with E-state index < -0.39 is 0 Å². The molecule has 20 heavy (non-hydrogen) atoms. The Morgan fingerprint density at radius 1 is 1.40 bits per heavy atom. The molecule has 0 radical (unpaired) electrons. The largest absolute Gasteiger partial charge is 0.324 e. The number of unbranched alkanes of at least 4 members (excludes halogenated alkanes) is 1. The van der Waals surface area contributed by atoms with Gasteiger partial charge in [-0.25, -0.2) is 0 Å². The van der Waals surface area contributed by atoms with Gasteiger partial charge in [0, 0.05) is 11.8 Å². The minimum atomic E-state index is 0.0657. The quantitative estimate of drug-likeness (QED) is 0.817. The molecular formula is C16H30N2OS. The van der Waals surface area contributed by atoms with Gasteiger partial charge in [0.05, 0.1) is 12.2 Å². The van der Waals surface area contributed by atoms with Crippen LogP contribution in [-0.4, -0.2) is 40.6 Å². The fourth-order valence-electron chi connectivity index (χ4n) is 3.25. The zero-order valence-electron chi connectivity index (χ0n) is 13.2. The SMILES string of the molecule is CCCCC1NC(C(C)C)N(CC2CCCCS2)C1=O. The van der Waals surface area contributed by atoms with Crippen LogP contribution < -0.4 is 5.32 Å². The van der Waals surface area contributed by atoms with Crippen molar-refractivity contribution in [3.63, 3.8) is 0 Å². The van der Waals surface area contributed by atoms with E-state index >= 15 is 0 Å². The van der Waals surface area contributed by atoms with Crippen LogP contribution in [-0.2, 0) is 4.79 Å². The predicted octanol–water partition coefficient (Wildman–Crippen LogP) is 3.24. The number of hydrogen-bond acceptors (Lipinski definition) is 3. The molecule has 2 aliphatic heterocycles. The monoisotopic (exact) mass is 298 g/mol. The lowest BCUT2D eigenvalue weighted by molar-refractivity contribution is -0.130. The van der Waals surface area contributed by atoms with Gasteiger partial charge in [0.2, 0.25) is 5.91 Å². The van der Waals surface area contributed by atoms with Crippen molar-refractivity contribution in [3.05, 3.63) is 0 Å². The van der Waals surface area contributed by atoms with Crippen molar-refractivity contribution in [3.8, 4) is 0 Å². The second-order valence-electron chi connectivity index (χ2n) is 6.53. The first-order valence-corrected chi connectivity index (χ1v) is 9.36. The summed E-state index contributed by atoms with van der Waals surface area (Å²) in [7, 11) is 0. The van der Waals surface area contributed by atoms with Crippen molar-refractivity contribution in [2.45, 2.75) is 76.8 Å². The first-order valence-electron chi connectivity index (χ1n) is 8.31. The molecule has 1 N–H and O–H groups in total. The highest BCUT2D eigenvalue weighted by atomic mass is 32.2. The summed E-state index contributed by atoms with van der Waals surface area (Å²) in [5.74, 6) is 2.11. The highest BCUT2D eigenvalue weighted by Gasteiger charge is 2.40. The molecular weight excluding hydrogens is 268 g/mol. The van der Waals surface area contributed by atoms with Gasteiger partial charge in [0.1, 0.15) is 0 Å². The molecule has 3 unspecified atom stereocenters. The Labute approximate surface area is 128 Å². The van der Waals surface area contributed by atoms with E-state index in [0.29, 0.717) is 17.1 Å². The molecule has 2 fully saturated rings. The maximum atomic E-state index is 12.7. The number of carbonyl (C=O) groups excluding carboxylic acids is 1. The number of nitrogens with one attached hydrogen (secondary N) is 1. The number of thioether (sulfide) groups is 1. The minimum Gasteiger partial charge on any atom is -0.324 e. The summed E-state index contributed by atoms with van der Waals surface area (Å²) in [5, 5.41) is 4.24. The summed E-state index contributed by atoms with van der Waals surface area (Å²) in [6.07, 6.45) is 7.49. The van der Waals surface area contributed by atoms with Gasteiger partial charge in [0.15, 0.2) is 0 Å². The first-order chi connectivity index (χ1) is 9.63. The van der Waals surface area contributed by atoms with E-state index in [1.807, 2.05) is 0 Å². The van der Waals surface area contributed by atoms with E-state index in [9.17, 15) is 4.79 Å². The molecule has 116 valence electrons. The van der Waals surface area contributed by atoms with Gasteiger partial charge in [-0.1, -0.05) is 40.0 Å². The van der Waals surface area contributed by atoms with Crippen LogP contribution >= 0.6 is 11.8 Å². The van der Waals surface area contributed by atoms with Gasteiger partial charge in [-0.05, 0) is 30.9 Å². The van der Waals surface area contributed by atoms with Crippen molar-refractivity contribution < 1.29 is 4.79 Å². The van der Waals surface area contributed by atoms with Gasteiger partial charge < -0.3 is 4.90 Å². The number of carbonyl (C=O) groups is 1. The highest BCUT2D eigenvalue weighted by molar-refractivity contribution is 7.99. The van der Waals surface area contributed by atoms with Gasteiger partial charge >= 0.3 is 0 Å². The Balaban J connectivity index is 1.97. The standard InChI is InChI=1S/C16H30N2OS/c1-4-5-9-14-16(19)18(15(17-14)12(2)3)11-13-8-6-7-10-20-13/h12-15,17H,4-11H2,1-3H3. The summed E-state index contributed by atoms with van der Waals surface area (Å²) < 4.78 is 0. The van der Waals surface area contributed by atoms with Crippen LogP contribution in [0.3, 0.4) is 0 Å². The fraction of sp³-hybridized carbons (Fsp3) is 0.938. The lowest BCUT2D eigenvalue weighted by Crippen LogP contribution is -2.44. The number of rotatable bonds is 6. The molecule has 0 aliphatic carbocycles. The Bertz CT molecular complexity index is 316. The molecule has 2 rings (SSSR count). The second-order valence-corrected chi connectivity index (χ2v) is 7.94. The van der Waals surface area contributed by atoms with E-state index in [1.165, 1.54) is 25.0 Å². The average molecular weight is 298 g/mol. The third kappa shape index (κ3) is 3.91. The van der Waals surface area contributed by atoms with Crippen molar-refractivity contribution in [1.29, 1.82) is 0 Å². The van der Waals surface area contributed by atoms with Crippen LogP contribution in [0.5, 0.6) is 0 Å².